The second-order valence-electron chi connectivity index (χ2n) is 15.5. The van der Waals surface area contributed by atoms with E-state index >= 15 is 0 Å². The van der Waals surface area contributed by atoms with Gasteiger partial charge in [-0.3, -0.25) is 4.79 Å². The minimum atomic E-state index is -1.71. The number of hydrogen-bond acceptors (Lipinski definition) is 2. The van der Waals surface area contributed by atoms with E-state index < -0.39 is 8.07 Å². The van der Waals surface area contributed by atoms with E-state index in [1.165, 1.54) is 71.9 Å². The van der Waals surface area contributed by atoms with E-state index in [0.717, 1.165) is 43.4 Å². The van der Waals surface area contributed by atoms with Crippen LogP contribution in [0.15, 0.2) is 48.5 Å². The molecule has 1 N–H and O–H groups in total. The first-order chi connectivity index (χ1) is 20.6. The quantitative estimate of drug-likeness (QED) is 0.231. The van der Waals surface area contributed by atoms with Crippen molar-refractivity contribution < 1.29 is 4.79 Å². The molecule has 4 saturated carbocycles. The van der Waals surface area contributed by atoms with Gasteiger partial charge in [0, 0.05) is 40.9 Å². The number of nitrogens with one attached hydrogen (secondary N) is 1. The van der Waals surface area contributed by atoms with Crippen LogP contribution in [0.5, 0.6) is 0 Å². The summed E-state index contributed by atoms with van der Waals surface area (Å²) in [6.45, 7) is 8.89. The van der Waals surface area contributed by atoms with Crippen LogP contribution >= 0.6 is 0 Å². The van der Waals surface area contributed by atoms with Gasteiger partial charge >= 0.3 is 0 Å². The van der Waals surface area contributed by atoms with Gasteiger partial charge in [-0.15, -0.1) is 5.54 Å². The van der Waals surface area contributed by atoms with Crippen molar-refractivity contribution in [1.29, 1.82) is 0 Å². The number of aryl methyl sites for hydroxylation is 1. The monoisotopic (exact) mass is 591 g/mol. The van der Waals surface area contributed by atoms with Crippen LogP contribution in [-0.4, -0.2) is 35.0 Å². The Hall–Kier alpha value is -2.97. The van der Waals surface area contributed by atoms with Gasteiger partial charge in [-0.1, -0.05) is 69.7 Å². The third-order valence-electron chi connectivity index (χ3n) is 11.0. The fourth-order valence-electron chi connectivity index (χ4n) is 9.64. The molecule has 0 spiro atoms. The maximum absolute atomic E-state index is 14.2. The highest BCUT2D eigenvalue weighted by Gasteiger charge is 2.51. The predicted octanol–water partition coefficient (Wildman–Crippen LogP) is 8.47. The lowest BCUT2D eigenvalue weighted by molar-refractivity contribution is -0.130. The molecule has 5 aliphatic rings. The number of carbonyl (C=O) groups excluding carboxylic acids is 1. The zero-order valence-electron chi connectivity index (χ0n) is 26.9. The Bertz CT molecular complexity index is 1550. The Morgan fingerprint density at radius 3 is 2.26 bits per heavy atom. The van der Waals surface area contributed by atoms with Crippen molar-refractivity contribution in [3.8, 4) is 11.5 Å². The third kappa shape index (κ3) is 5.35. The fraction of sp³-hybridized carbons (Fsp3) is 0.553. The van der Waals surface area contributed by atoms with Gasteiger partial charge in [0.1, 0.15) is 8.07 Å². The smallest absolute Gasteiger partial charge is 0.298 e. The predicted molar refractivity (Wildman–Crippen MR) is 181 cm³/mol. The summed E-state index contributed by atoms with van der Waals surface area (Å²) >= 11 is 0. The number of hydrogen-bond donors (Lipinski definition) is 1. The van der Waals surface area contributed by atoms with E-state index in [9.17, 15) is 4.79 Å². The zero-order chi connectivity index (χ0) is 29.9. The van der Waals surface area contributed by atoms with Crippen LogP contribution in [0.1, 0.15) is 87.6 Å². The standard InChI is InChI=1S/C38H49N3OSi/c1-6-7-10-31-22-33-32-11-8-9-12-34(32)40(2)37(33)36(41(31)35(42)17-18-43(3,4)5)29-13-15-30(16-14-29)39-38-23-26-19-27(24-38)21-28(20-26)25-38/h8-9,11-16,26-28,31,36,39H,6-7,10,19-25H2,1-5H3/t26?,27?,28?,31-,36-,38?/m0/s1. The Kier molecular flexibility index (Phi) is 7.28. The van der Waals surface area contributed by atoms with Gasteiger partial charge in [0.2, 0.25) is 0 Å². The van der Waals surface area contributed by atoms with E-state index in [4.69, 9.17) is 0 Å². The van der Waals surface area contributed by atoms with Crippen molar-refractivity contribution in [1.82, 2.24) is 9.47 Å². The molecule has 0 radical (unpaired) electrons. The Labute approximate surface area is 259 Å². The largest absolute Gasteiger partial charge is 0.380 e. The lowest BCUT2D eigenvalue weighted by Gasteiger charge is -2.57. The maximum Gasteiger partial charge on any atom is 0.298 e. The summed E-state index contributed by atoms with van der Waals surface area (Å²) in [5.74, 6) is 5.90. The van der Waals surface area contributed by atoms with Crippen molar-refractivity contribution in [2.24, 2.45) is 24.8 Å². The molecule has 2 aromatic carbocycles. The van der Waals surface area contributed by atoms with Crippen molar-refractivity contribution in [3.05, 3.63) is 65.4 Å². The van der Waals surface area contributed by atoms with Crippen LogP contribution in [-0.2, 0) is 18.3 Å². The Morgan fingerprint density at radius 1 is 0.977 bits per heavy atom. The van der Waals surface area contributed by atoms with Crippen LogP contribution in [0.4, 0.5) is 5.69 Å². The minimum Gasteiger partial charge on any atom is -0.380 e. The number of amides is 1. The molecule has 226 valence electrons. The van der Waals surface area contributed by atoms with Gasteiger partial charge in [-0.05, 0) is 104 Å². The van der Waals surface area contributed by atoms with Crippen molar-refractivity contribution in [2.75, 3.05) is 5.32 Å². The molecule has 4 fully saturated rings. The highest BCUT2D eigenvalue weighted by molar-refractivity contribution is 6.84. The summed E-state index contributed by atoms with van der Waals surface area (Å²) < 4.78 is 2.35. The van der Waals surface area contributed by atoms with Gasteiger partial charge < -0.3 is 14.8 Å². The molecular weight excluding hydrogens is 543 g/mol. The van der Waals surface area contributed by atoms with Crippen LogP contribution in [0.2, 0.25) is 19.6 Å². The molecule has 4 nitrogen and oxygen atoms in total. The molecule has 1 amide bonds. The van der Waals surface area contributed by atoms with Gasteiger partial charge in [0.25, 0.3) is 5.91 Å². The van der Waals surface area contributed by atoms with Crippen LogP contribution < -0.4 is 5.32 Å². The highest BCUT2D eigenvalue weighted by Crippen LogP contribution is 2.56. The van der Waals surface area contributed by atoms with E-state index in [0.29, 0.717) is 0 Å². The minimum absolute atomic E-state index is 0.0137. The maximum atomic E-state index is 14.2. The van der Waals surface area contributed by atoms with Gasteiger partial charge in [0.15, 0.2) is 0 Å². The third-order valence-corrected chi connectivity index (χ3v) is 11.9. The van der Waals surface area contributed by atoms with E-state index in [-0.39, 0.29) is 23.5 Å². The van der Waals surface area contributed by atoms with Gasteiger partial charge in [-0.2, -0.15) is 0 Å². The summed E-state index contributed by atoms with van der Waals surface area (Å²) in [5.41, 5.74) is 10.00. The van der Waals surface area contributed by atoms with Crippen molar-refractivity contribution in [3.63, 3.8) is 0 Å². The lowest BCUT2D eigenvalue weighted by Crippen LogP contribution is -2.54. The molecule has 5 heteroatoms. The first kappa shape index (κ1) is 28.8. The first-order valence-electron chi connectivity index (χ1n) is 16.9. The van der Waals surface area contributed by atoms with E-state index in [1.54, 1.807) is 0 Å². The SMILES string of the molecule is CCCC[C@H]1Cc2c(n(C)c3ccccc23)[C@H](c2ccc(NC34CC5CC(CC(C5)C3)C4)cc2)N1C(=O)C#C[Si](C)(C)C. The number of fused-ring (bicyclic) bond motifs is 3. The molecule has 43 heavy (non-hydrogen) atoms. The molecule has 4 bridgehead atoms. The number of aromatic nitrogens is 1. The molecule has 2 heterocycles. The molecule has 1 aliphatic heterocycles. The number of para-hydroxylation sites is 1. The second-order valence-corrected chi connectivity index (χ2v) is 20.2. The number of benzene rings is 2. The number of anilines is 1. The summed E-state index contributed by atoms with van der Waals surface area (Å²) in [6, 6.07) is 17.9. The van der Waals surface area contributed by atoms with Gasteiger partial charge in [0.05, 0.1) is 6.04 Å². The van der Waals surface area contributed by atoms with Crippen LogP contribution in [0.25, 0.3) is 10.9 Å². The molecule has 1 aromatic heterocycles. The molecule has 3 aromatic rings. The number of unbranched alkanes of at least 4 members (excludes halogenated alkanes) is 1. The van der Waals surface area contributed by atoms with E-state index in [2.05, 4.69) is 108 Å². The molecule has 2 atom stereocenters. The molecule has 0 unspecified atom stereocenters. The second kappa shape index (κ2) is 10.9. The molecule has 8 rings (SSSR count). The fourth-order valence-corrected chi connectivity index (χ4v) is 10.1. The first-order valence-corrected chi connectivity index (χ1v) is 20.4. The highest BCUT2D eigenvalue weighted by atomic mass is 28.3. The lowest BCUT2D eigenvalue weighted by atomic mass is 9.53. The number of carbonyl (C=O) groups is 1. The summed E-state index contributed by atoms with van der Waals surface area (Å²) in [6.07, 6.45) is 12.5. The molecule has 4 aliphatic carbocycles. The van der Waals surface area contributed by atoms with Crippen molar-refractivity contribution >= 4 is 30.6 Å². The Balaban J connectivity index is 1.29. The van der Waals surface area contributed by atoms with Crippen molar-refractivity contribution in [2.45, 2.75) is 108 Å². The summed E-state index contributed by atoms with van der Waals surface area (Å²) in [7, 11) is 0.475. The van der Waals surface area contributed by atoms with Crippen LogP contribution in [0.3, 0.4) is 0 Å². The number of nitrogens with zero attached hydrogens (tertiary/aromatic N) is 2. The summed E-state index contributed by atoms with van der Waals surface area (Å²) in [4.78, 5) is 16.3. The summed E-state index contributed by atoms with van der Waals surface area (Å²) in [5, 5.41) is 5.40. The van der Waals surface area contributed by atoms with Crippen LogP contribution in [0, 0.1) is 29.2 Å². The average Bonchev–Trinajstić information content (AvgIpc) is 3.24. The molecular formula is C38H49N3OSi. The average molecular weight is 592 g/mol. The normalized spacial score (nSPS) is 29.3. The Morgan fingerprint density at radius 2 is 1.63 bits per heavy atom. The van der Waals surface area contributed by atoms with Gasteiger partial charge in [-0.25, -0.2) is 0 Å². The number of rotatable bonds is 6. The molecule has 0 saturated heterocycles. The topological polar surface area (TPSA) is 37.3 Å². The zero-order valence-corrected chi connectivity index (χ0v) is 27.9. The van der Waals surface area contributed by atoms with E-state index in [1.807, 2.05) is 0 Å².